The summed E-state index contributed by atoms with van der Waals surface area (Å²) in [6, 6.07) is 19.2. The molecule has 0 bridgehead atoms. The van der Waals surface area contributed by atoms with E-state index in [-0.39, 0.29) is 51.9 Å². The van der Waals surface area contributed by atoms with E-state index in [1.54, 1.807) is 74.5 Å². The van der Waals surface area contributed by atoms with E-state index in [2.05, 4.69) is 4.72 Å². The average Bonchev–Trinajstić information content (AvgIpc) is 3.14. The van der Waals surface area contributed by atoms with Crippen molar-refractivity contribution in [1.82, 2.24) is 4.72 Å². The zero-order valence-corrected chi connectivity index (χ0v) is 20.0. The molecule has 0 saturated heterocycles. The van der Waals surface area contributed by atoms with E-state index in [0.717, 1.165) is 4.90 Å². The third-order valence-electron chi connectivity index (χ3n) is 5.42. The third kappa shape index (κ3) is 4.43. The van der Waals surface area contributed by atoms with E-state index in [1.165, 1.54) is 12.1 Å². The van der Waals surface area contributed by atoms with Crippen molar-refractivity contribution in [3.05, 3.63) is 89.5 Å². The first-order valence-electron chi connectivity index (χ1n) is 11.0. The fraction of sp³-hybridized carbons (Fsp3) is 0.154. The van der Waals surface area contributed by atoms with Gasteiger partial charge in [0.15, 0.2) is 0 Å². The van der Waals surface area contributed by atoms with Gasteiger partial charge >= 0.3 is 0 Å². The van der Waals surface area contributed by atoms with Crippen LogP contribution in [0.1, 0.15) is 35.3 Å². The van der Waals surface area contributed by atoms with Gasteiger partial charge in [-0.25, -0.2) is 18.0 Å². The number of fused-ring (bicyclic) bond motifs is 1. The normalized spacial score (nSPS) is 14.6. The smallest absolute Gasteiger partial charge is 0.269 e. The molecular formula is C26H24N2O6S. The zero-order valence-electron chi connectivity index (χ0n) is 19.2. The van der Waals surface area contributed by atoms with E-state index in [9.17, 15) is 23.1 Å². The summed E-state index contributed by atoms with van der Waals surface area (Å²) in [5.74, 6) is -1.75. The van der Waals surface area contributed by atoms with Gasteiger partial charge in [0.05, 0.1) is 17.9 Å². The Kier molecular flexibility index (Phi) is 6.72. The topological polar surface area (TPSA) is 113 Å². The molecule has 0 fully saturated rings. The van der Waals surface area contributed by atoms with Crippen LogP contribution in [0.15, 0.2) is 77.7 Å². The number of anilines is 1. The number of imide groups is 1. The Morgan fingerprint density at radius 3 is 2.14 bits per heavy atom. The van der Waals surface area contributed by atoms with Crippen LogP contribution in [-0.4, -0.2) is 38.5 Å². The second kappa shape index (κ2) is 9.73. The number of aliphatic hydroxyl groups excluding tert-OH is 1. The van der Waals surface area contributed by atoms with Crippen LogP contribution in [0.5, 0.6) is 5.75 Å². The summed E-state index contributed by atoms with van der Waals surface area (Å²) in [6.07, 6.45) is 0. The molecule has 0 unspecified atom stereocenters. The number of ether oxygens (including phenoxy) is 1. The van der Waals surface area contributed by atoms with Crippen LogP contribution < -0.4 is 14.4 Å². The molecule has 0 saturated carbocycles. The molecule has 8 nitrogen and oxygen atoms in total. The first-order valence-corrected chi connectivity index (χ1v) is 12.5. The number of nitrogens with zero attached hydrogens (tertiary/aromatic N) is 1. The highest BCUT2D eigenvalue weighted by molar-refractivity contribution is 7.89. The highest BCUT2D eigenvalue weighted by Gasteiger charge is 2.41. The fourth-order valence-electron chi connectivity index (χ4n) is 3.90. The Morgan fingerprint density at radius 1 is 0.971 bits per heavy atom. The summed E-state index contributed by atoms with van der Waals surface area (Å²) in [6.45, 7) is 3.63. The molecular weight excluding hydrogens is 468 g/mol. The molecule has 3 aromatic rings. The van der Waals surface area contributed by atoms with Crippen molar-refractivity contribution in [2.75, 3.05) is 18.1 Å². The Balaban J connectivity index is 2.02. The van der Waals surface area contributed by atoms with Crippen LogP contribution in [0.25, 0.3) is 11.3 Å². The number of rotatable bonds is 7. The average molecular weight is 493 g/mol. The monoisotopic (exact) mass is 492 g/mol. The van der Waals surface area contributed by atoms with Crippen LogP contribution in [0, 0.1) is 0 Å². The molecule has 35 heavy (non-hydrogen) atoms. The van der Waals surface area contributed by atoms with Gasteiger partial charge in [0.25, 0.3) is 11.8 Å². The van der Waals surface area contributed by atoms with Crippen LogP contribution in [0.3, 0.4) is 0 Å². The van der Waals surface area contributed by atoms with Crippen LogP contribution in [0.4, 0.5) is 5.69 Å². The number of aliphatic hydroxyl groups is 1. The number of benzene rings is 3. The molecule has 0 aromatic heterocycles. The highest BCUT2D eigenvalue weighted by Crippen LogP contribution is 2.45. The molecule has 1 aliphatic heterocycles. The molecule has 0 radical (unpaired) electrons. The zero-order chi connectivity index (χ0) is 25.2. The van der Waals surface area contributed by atoms with Crippen molar-refractivity contribution in [2.45, 2.75) is 18.7 Å². The molecule has 0 aliphatic carbocycles. The maximum Gasteiger partial charge on any atom is 0.269 e. The summed E-state index contributed by atoms with van der Waals surface area (Å²) in [5, 5.41) is 11.1. The third-order valence-corrected chi connectivity index (χ3v) is 6.99. The van der Waals surface area contributed by atoms with E-state index in [1.807, 2.05) is 0 Å². The van der Waals surface area contributed by atoms with Crippen molar-refractivity contribution in [2.24, 2.45) is 0 Å². The van der Waals surface area contributed by atoms with E-state index in [0.29, 0.717) is 5.56 Å². The maximum absolute atomic E-state index is 13.6. The number of nitrogens with one attached hydrogen (secondary N) is 1. The molecule has 0 atom stereocenters. The summed E-state index contributed by atoms with van der Waals surface area (Å²) in [7, 11) is -4.00. The first-order chi connectivity index (χ1) is 16.8. The van der Waals surface area contributed by atoms with Crippen LogP contribution in [-0.2, 0) is 14.8 Å². The van der Waals surface area contributed by atoms with E-state index < -0.39 is 21.8 Å². The Hall–Kier alpha value is -3.95. The number of carbonyl (C=O) groups excluding carboxylic acids is 2. The minimum Gasteiger partial charge on any atom is -0.506 e. The Morgan fingerprint density at radius 2 is 1.57 bits per heavy atom. The second-order valence-electron chi connectivity index (χ2n) is 7.65. The van der Waals surface area contributed by atoms with E-state index >= 15 is 0 Å². The lowest BCUT2D eigenvalue weighted by molar-refractivity contribution is -0.112. The van der Waals surface area contributed by atoms with Crippen molar-refractivity contribution in [1.29, 1.82) is 0 Å². The predicted molar refractivity (Wildman–Crippen MR) is 133 cm³/mol. The molecule has 1 heterocycles. The molecule has 2 N–H and O–H groups in total. The number of sulfonamides is 1. The standard InChI is InChI=1S/C26H24N2O6S/c1-3-27-35(32,33)22-15-19-20(16-21(22)34-4-2)28(25(30)18-13-9-6-10-14-18)26(31)23(19)24(29)17-11-7-5-8-12-17/h5-16,27,29H,3-4H2,1-2H3/b24-23-. The minimum absolute atomic E-state index is 0.00804. The minimum atomic E-state index is -4.00. The van der Waals surface area contributed by atoms with Gasteiger partial charge in [0.1, 0.15) is 16.4 Å². The molecule has 9 heteroatoms. The number of amides is 2. The molecule has 4 rings (SSSR count). The van der Waals surface area contributed by atoms with Gasteiger partial charge in [0.2, 0.25) is 10.0 Å². The van der Waals surface area contributed by atoms with Crippen molar-refractivity contribution in [3.8, 4) is 5.75 Å². The van der Waals surface area contributed by atoms with Gasteiger partial charge in [-0.3, -0.25) is 9.59 Å². The first kappa shape index (κ1) is 24.2. The summed E-state index contributed by atoms with van der Waals surface area (Å²) in [4.78, 5) is 27.8. The molecule has 1 aliphatic rings. The van der Waals surface area contributed by atoms with Crippen LogP contribution in [0.2, 0.25) is 0 Å². The molecule has 2 amide bonds. The van der Waals surface area contributed by atoms with Gasteiger partial charge in [0, 0.05) is 29.3 Å². The predicted octanol–water partition coefficient (Wildman–Crippen LogP) is 4.00. The summed E-state index contributed by atoms with van der Waals surface area (Å²) >= 11 is 0. The lowest BCUT2D eigenvalue weighted by Crippen LogP contribution is -2.33. The van der Waals surface area contributed by atoms with Crippen molar-refractivity contribution in [3.63, 3.8) is 0 Å². The Labute approximate surface area is 203 Å². The quantitative estimate of drug-likeness (QED) is 0.293. The summed E-state index contributed by atoms with van der Waals surface area (Å²) < 4.78 is 33.9. The van der Waals surface area contributed by atoms with Crippen LogP contribution >= 0.6 is 0 Å². The van der Waals surface area contributed by atoms with Crippen molar-refractivity contribution < 1.29 is 27.9 Å². The number of hydrogen-bond acceptors (Lipinski definition) is 6. The SMILES string of the molecule is CCNS(=O)(=O)c1cc2c(cc1OCC)N(C(=O)c1ccccc1)C(=O)/C2=C(\O)c1ccccc1. The van der Waals surface area contributed by atoms with Gasteiger partial charge < -0.3 is 9.84 Å². The number of hydrogen-bond donors (Lipinski definition) is 2. The number of carbonyl (C=O) groups is 2. The molecule has 0 spiro atoms. The van der Waals surface area contributed by atoms with Gasteiger partial charge in [-0.1, -0.05) is 55.5 Å². The lowest BCUT2D eigenvalue weighted by atomic mass is 10.0. The highest BCUT2D eigenvalue weighted by atomic mass is 32.2. The fourth-order valence-corrected chi connectivity index (χ4v) is 5.09. The van der Waals surface area contributed by atoms with Gasteiger partial charge in [-0.05, 0) is 25.1 Å². The molecule has 180 valence electrons. The second-order valence-corrected chi connectivity index (χ2v) is 9.39. The summed E-state index contributed by atoms with van der Waals surface area (Å²) in [5.41, 5.74) is 0.669. The lowest BCUT2D eigenvalue weighted by Gasteiger charge is -2.18. The largest absolute Gasteiger partial charge is 0.506 e. The maximum atomic E-state index is 13.6. The molecule has 3 aromatic carbocycles. The van der Waals surface area contributed by atoms with Gasteiger partial charge in [-0.15, -0.1) is 0 Å². The Bertz CT molecular complexity index is 1420. The van der Waals surface area contributed by atoms with Gasteiger partial charge in [-0.2, -0.15) is 0 Å². The van der Waals surface area contributed by atoms with E-state index in [4.69, 9.17) is 4.74 Å². The van der Waals surface area contributed by atoms with Crippen molar-refractivity contribution >= 4 is 38.9 Å².